The van der Waals surface area contributed by atoms with E-state index in [1.165, 1.54) is 12.1 Å². The van der Waals surface area contributed by atoms with Crippen molar-refractivity contribution in [3.05, 3.63) is 131 Å². The Hall–Kier alpha value is -4.10. The van der Waals surface area contributed by atoms with Crippen LogP contribution in [0.25, 0.3) is 11.1 Å². The summed E-state index contributed by atoms with van der Waals surface area (Å²) in [4.78, 5) is 12.5. The average molecular weight is 426 g/mol. The second-order valence-corrected chi connectivity index (χ2v) is 7.14. The van der Waals surface area contributed by atoms with Crippen LogP contribution in [0.15, 0.2) is 103 Å². The van der Waals surface area contributed by atoms with E-state index in [0.717, 1.165) is 23.3 Å². The van der Waals surface area contributed by atoms with Crippen molar-refractivity contribution in [3.8, 4) is 23.0 Å². The highest BCUT2D eigenvalue weighted by Gasteiger charge is 2.30. The maximum absolute atomic E-state index is 12.8. The van der Waals surface area contributed by atoms with E-state index in [-0.39, 0.29) is 5.78 Å². The van der Waals surface area contributed by atoms with Crippen LogP contribution in [0.1, 0.15) is 32.6 Å². The lowest BCUT2D eigenvalue weighted by atomic mass is 9.98. The highest BCUT2D eigenvalue weighted by Crippen LogP contribution is 2.31. The number of alkyl halides is 3. The molecule has 0 bridgehead atoms. The van der Waals surface area contributed by atoms with Crippen LogP contribution in [0.3, 0.4) is 0 Å². The molecule has 0 amide bonds. The first-order valence-electron chi connectivity index (χ1n) is 9.90. The molecular weight excluding hydrogens is 409 g/mol. The molecule has 0 heterocycles. The second kappa shape index (κ2) is 8.95. The van der Waals surface area contributed by atoms with Crippen LogP contribution < -0.4 is 0 Å². The van der Waals surface area contributed by atoms with Crippen molar-refractivity contribution < 1.29 is 18.0 Å². The quantitative estimate of drug-likeness (QED) is 0.255. The first kappa shape index (κ1) is 21.1. The number of ketones is 1. The van der Waals surface area contributed by atoms with Crippen LogP contribution in [0.2, 0.25) is 0 Å². The molecule has 156 valence electrons. The van der Waals surface area contributed by atoms with Crippen molar-refractivity contribution in [1.29, 1.82) is 0 Å². The van der Waals surface area contributed by atoms with Crippen LogP contribution in [-0.4, -0.2) is 5.78 Å². The normalized spacial score (nSPS) is 10.8. The van der Waals surface area contributed by atoms with Gasteiger partial charge in [-0.15, -0.1) is 0 Å². The molecule has 0 N–H and O–H groups in total. The summed E-state index contributed by atoms with van der Waals surface area (Å²) >= 11 is 0. The van der Waals surface area contributed by atoms with Crippen molar-refractivity contribution >= 4 is 5.78 Å². The largest absolute Gasteiger partial charge is 0.416 e. The predicted octanol–water partition coefficient (Wildman–Crippen LogP) is 7.00. The van der Waals surface area contributed by atoms with Gasteiger partial charge in [-0.2, -0.15) is 13.2 Å². The summed E-state index contributed by atoms with van der Waals surface area (Å²) in [7, 11) is 0. The summed E-state index contributed by atoms with van der Waals surface area (Å²) < 4.78 is 38.5. The zero-order valence-electron chi connectivity index (χ0n) is 16.9. The summed E-state index contributed by atoms with van der Waals surface area (Å²) in [6, 6.07) is 28.4. The van der Waals surface area contributed by atoms with Gasteiger partial charge in [0.05, 0.1) is 5.56 Å². The van der Waals surface area contributed by atoms with Gasteiger partial charge in [0.2, 0.25) is 0 Å². The van der Waals surface area contributed by atoms with Gasteiger partial charge in [0.1, 0.15) is 0 Å². The maximum atomic E-state index is 12.8. The fourth-order valence-corrected chi connectivity index (χ4v) is 3.28. The van der Waals surface area contributed by atoms with E-state index in [1.807, 2.05) is 42.5 Å². The third-order valence-corrected chi connectivity index (χ3v) is 4.97. The highest BCUT2D eigenvalue weighted by atomic mass is 19.4. The Morgan fingerprint density at radius 2 is 1.22 bits per heavy atom. The number of carbonyl (C=O) groups is 1. The number of halogens is 3. The number of benzene rings is 4. The van der Waals surface area contributed by atoms with Crippen molar-refractivity contribution in [1.82, 2.24) is 0 Å². The van der Waals surface area contributed by atoms with Gasteiger partial charge in [-0.3, -0.25) is 4.79 Å². The van der Waals surface area contributed by atoms with Crippen molar-refractivity contribution in [2.45, 2.75) is 6.18 Å². The molecule has 0 saturated carbocycles. The minimum Gasteiger partial charge on any atom is -0.289 e. The monoisotopic (exact) mass is 426 g/mol. The first-order valence-corrected chi connectivity index (χ1v) is 9.90. The fourth-order valence-electron chi connectivity index (χ4n) is 3.28. The Kier molecular flexibility index (Phi) is 5.91. The summed E-state index contributed by atoms with van der Waals surface area (Å²) in [6.07, 6.45) is -4.37. The zero-order chi connectivity index (χ0) is 22.6. The molecule has 0 aromatic heterocycles. The molecule has 0 aliphatic rings. The van der Waals surface area contributed by atoms with Gasteiger partial charge in [0, 0.05) is 22.3 Å². The minimum absolute atomic E-state index is 0.0576. The van der Waals surface area contributed by atoms with Crippen molar-refractivity contribution in [2.24, 2.45) is 0 Å². The lowest BCUT2D eigenvalue weighted by Crippen LogP contribution is -2.04. The van der Waals surface area contributed by atoms with E-state index >= 15 is 0 Å². The molecule has 0 unspecified atom stereocenters. The molecule has 4 aromatic rings. The van der Waals surface area contributed by atoms with E-state index in [0.29, 0.717) is 22.3 Å². The van der Waals surface area contributed by atoms with E-state index in [4.69, 9.17) is 0 Å². The van der Waals surface area contributed by atoms with Gasteiger partial charge < -0.3 is 0 Å². The topological polar surface area (TPSA) is 17.1 Å². The smallest absolute Gasteiger partial charge is 0.289 e. The molecule has 4 aromatic carbocycles. The average Bonchev–Trinajstić information content (AvgIpc) is 2.83. The predicted molar refractivity (Wildman–Crippen MR) is 119 cm³/mol. The molecule has 0 aliphatic carbocycles. The lowest BCUT2D eigenvalue weighted by Gasteiger charge is -2.09. The molecule has 0 spiro atoms. The van der Waals surface area contributed by atoms with Crippen LogP contribution >= 0.6 is 0 Å². The molecule has 0 aliphatic heterocycles. The molecule has 4 rings (SSSR count). The van der Waals surface area contributed by atoms with Crippen molar-refractivity contribution in [3.63, 3.8) is 0 Å². The number of hydrogen-bond donors (Lipinski definition) is 0. The number of carbonyl (C=O) groups excluding carboxylic acids is 1. The highest BCUT2D eigenvalue weighted by molar-refractivity contribution is 6.08. The molecule has 4 heteroatoms. The van der Waals surface area contributed by atoms with Crippen LogP contribution in [-0.2, 0) is 6.18 Å². The van der Waals surface area contributed by atoms with Gasteiger partial charge in [0.25, 0.3) is 0 Å². The fraction of sp³-hybridized carbons (Fsp3) is 0.0357. The van der Waals surface area contributed by atoms with Crippen LogP contribution in [0, 0.1) is 11.8 Å². The molecule has 0 fully saturated rings. The summed E-state index contributed by atoms with van der Waals surface area (Å²) in [5.74, 6) is 6.11. The zero-order valence-corrected chi connectivity index (χ0v) is 16.9. The van der Waals surface area contributed by atoms with E-state index in [9.17, 15) is 18.0 Å². The standard InChI is InChI=1S/C28H17F3O/c29-28(30,31)25-18-16-22(17-19-25)26-9-5-4-6-21(26)13-10-20-11-14-24(15-12-20)27(32)23-7-2-1-3-8-23/h1-9,11-12,14-19H. The van der Waals surface area contributed by atoms with Gasteiger partial charge in [-0.25, -0.2) is 0 Å². The van der Waals surface area contributed by atoms with E-state index in [1.54, 1.807) is 36.4 Å². The number of hydrogen-bond acceptors (Lipinski definition) is 1. The summed E-state index contributed by atoms with van der Waals surface area (Å²) in [6.45, 7) is 0. The third kappa shape index (κ3) is 4.79. The van der Waals surface area contributed by atoms with E-state index < -0.39 is 11.7 Å². The maximum Gasteiger partial charge on any atom is 0.416 e. The van der Waals surface area contributed by atoms with Gasteiger partial charge >= 0.3 is 6.18 Å². The van der Waals surface area contributed by atoms with E-state index in [2.05, 4.69) is 11.8 Å². The Balaban J connectivity index is 1.58. The van der Waals surface area contributed by atoms with Gasteiger partial charge in [-0.1, -0.05) is 72.5 Å². The Bertz CT molecular complexity index is 1290. The Morgan fingerprint density at radius 3 is 1.88 bits per heavy atom. The molecule has 0 atom stereocenters. The second-order valence-electron chi connectivity index (χ2n) is 7.14. The summed E-state index contributed by atoms with van der Waals surface area (Å²) in [5.41, 5.74) is 3.36. The molecular formula is C28H17F3O. The van der Waals surface area contributed by atoms with Crippen molar-refractivity contribution in [2.75, 3.05) is 0 Å². The number of rotatable bonds is 3. The lowest BCUT2D eigenvalue weighted by molar-refractivity contribution is -0.137. The third-order valence-electron chi connectivity index (χ3n) is 4.97. The molecule has 1 nitrogen and oxygen atoms in total. The van der Waals surface area contributed by atoms with Gasteiger partial charge in [0.15, 0.2) is 5.78 Å². The van der Waals surface area contributed by atoms with Crippen LogP contribution in [0.5, 0.6) is 0 Å². The minimum atomic E-state index is -4.37. The molecule has 0 radical (unpaired) electrons. The van der Waals surface area contributed by atoms with Crippen LogP contribution in [0.4, 0.5) is 13.2 Å². The first-order chi connectivity index (χ1) is 15.4. The molecule has 0 saturated heterocycles. The molecule has 32 heavy (non-hydrogen) atoms. The van der Waals surface area contributed by atoms with Gasteiger partial charge in [-0.05, 0) is 53.6 Å². The summed E-state index contributed by atoms with van der Waals surface area (Å²) in [5, 5.41) is 0. The SMILES string of the molecule is O=C(c1ccccc1)c1ccc(C#Cc2ccccc2-c2ccc(C(F)(F)F)cc2)cc1. The Morgan fingerprint density at radius 1 is 0.625 bits per heavy atom. The Labute approximate surface area is 184 Å².